The number of hydrogen-bond donors (Lipinski definition) is 1. The van der Waals surface area contributed by atoms with E-state index < -0.39 is 0 Å². The van der Waals surface area contributed by atoms with E-state index in [9.17, 15) is 5.11 Å². The number of hydrogen-bond acceptors (Lipinski definition) is 3. The minimum Gasteiger partial charge on any atom is -0.496 e. The molecule has 100 valence electrons. The summed E-state index contributed by atoms with van der Waals surface area (Å²) in [5, 5.41) is 9.46. The van der Waals surface area contributed by atoms with Crippen molar-refractivity contribution in [2.45, 2.75) is 51.4 Å². The van der Waals surface area contributed by atoms with E-state index in [-0.39, 0.29) is 12.2 Å². The highest BCUT2D eigenvalue weighted by atomic mass is 16.5. The number of aliphatic hydroxyl groups excluding tert-OH is 1. The van der Waals surface area contributed by atoms with Gasteiger partial charge in [-0.15, -0.1) is 0 Å². The Labute approximate surface area is 109 Å². The van der Waals surface area contributed by atoms with Crippen molar-refractivity contribution in [3.8, 4) is 5.75 Å². The second-order valence-electron chi connectivity index (χ2n) is 5.06. The molecule has 3 heteroatoms. The van der Waals surface area contributed by atoms with E-state index in [0.717, 1.165) is 37.0 Å². The van der Waals surface area contributed by atoms with E-state index in [1.807, 2.05) is 12.1 Å². The predicted octanol–water partition coefficient (Wildman–Crippen LogP) is 2.82. The topological polar surface area (TPSA) is 38.7 Å². The molecule has 0 amide bonds. The summed E-state index contributed by atoms with van der Waals surface area (Å²) < 4.78 is 11.3. The van der Waals surface area contributed by atoms with E-state index in [1.54, 1.807) is 7.11 Å². The molecular weight excluding hydrogens is 228 g/mol. The van der Waals surface area contributed by atoms with Crippen LogP contribution in [0.4, 0.5) is 0 Å². The normalized spacial score (nSPS) is 23.9. The van der Waals surface area contributed by atoms with Crippen molar-refractivity contribution in [1.29, 1.82) is 0 Å². The summed E-state index contributed by atoms with van der Waals surface area (Å²) in [5.41, 5.74) is 2.32. The summed E-state index contributed by atoms with van der Waals surface area (Å²) >= 11 is 0. The third-order valence-electron chi connectivity index (χ3n) is 3.55. The quantitative estimate of drug-likeness (QED) is 0.893. The Hall–Kier alpha value is -1.06. The number of benzene rings is 1. The zero-order chi connectivity index (χ0) is 13.0. The monoisotopic (exact) mass is 250 g/mol. The lowest BCUT2D eigenvalue weighted by atomic mass is 9.95. The summed E-state index contributed by atoms with van der Waals surface area (Å²) in [4.78, 5) is 0. The minimum atomic E-state index is -0.127. The van der Waals surface area contributed by atoms with Crippen molar-refractivity contribution in [1.82, 2.24) is 0 Å². The van der Waals surface area contributed by atoms with Gasteiger partial charge in [-0.3, -0.25) is 0 Å². The van der Waals surface area contributed by atoms with Gasteiger partial charge in [0, 0.05) is 5.56 Å². The molecule has 0 radical (unpaired) electrons. The Morgan fingerprint density at radius 3 is 2.61 bits per heavy atom. The third kappa shape index (κ3) is 3.47. The molecule has 1 N–H and O–H groups in total. The molecule has 0 unspecified atom stereocenters. The van der Waals surface area contributed by atoms with Crippen LogP contribution in [0.2, 0.25) is 0 Å². The molecule has 1 aromatic carbocycles. The van der Waals surface area contributed by atoms with E-state index in [0.29, 0.717) is 6.61 Å². The van der Waals surface area contributed by atoms with Crippen molar-refractivity contribution < 1.29 is 14.6 Å². The van der Waals surface area contributed by atoms with Gasteiger partial charge < -0.3 is 14.6 Å². The van der Waals surface area contributed by atoms with Gasteiger partial charge in [0.15, 0.2) is 0 Å². The Kier molecular flexibility index (Phi) is 4.61. The van der Waals surface area contributed by atoms with Crippen LogP contribution >= 0.6 is 0 Å². The first-order chi connectivity index (χ1) is 8.69. The molecule has 0 bridgehead atoms. The molecule has 1 aromatic rings. The van der Waals surface area contributed by atoms with Crippen LogP contribution in [0.3, 0.4) is 0 Å². The van der Waals surface area contributed by atoms with Crippen molar-refractivity contribution in [2.75, 3.05) is 7.11 Å². The van der Waals surface area contributed by atoms with Gasteiger partial charge in [-0.1, -0.05) is 17.7 Å². The average molecular weight is 250 g/mol. The van der Waals surface area contributed by atoms with Crippen LogP contribution in [-0.2, 0) is 11.3 Å². The van der Waals surface area contributed by atoms with Gasteiger partial charge in [0.2, 0.25) is 0 Å². The van der Waals surface area contributed by atoms with E-state index in [4.69, 9.17) is 9.47 Å². The van der Waals surface area contributed by atoms with Crippen LogP contribution in [0.5, 0.6) is 5.75 Å². The van der Waals surface area contributed by atoms with E-state index in [1.165, 1.54) is 5.56 Å². The molecular formula is C15H22O3. The smallest absolute Gasteiger partial charge is 0.124 e. The Morgan fingerprint density at radius 2 is 1.94 bits per heavy atom. The fraction of sp³-hybridized carbons (Fsp3) is 0.600. The number of aliphatic hydroxyl groups is 1. The maximum absolute atomic E-state index is 9.46. The molecule has 0 aliphatic heterocycles. The maximum atomic E-state index is 9.46. The third-order valence-corrected chi connectivity index (χ3v) is 3.55. The fourth-order valence-electron chi connectivity index (χ4n) is 2.44. The lowest BCUT2D eigenvalue weighted by Crippen LogP contribution is -2.24. The van der Waals surface area contributed by atoms with Crippen LogP contribution < -0.4 is 4.74 Å². The Balaban J connectivity index is 1.91. The molecule has 2 rings (SSSR count). The van der Waals surface area contributed by atoms with E-state index in [2.05, 4.69) is 13.0 Å². The van der Waals surface area contributed by atoms with Crippen molar-refractivity contribution in [2.24, 2.45) is 0 Å². The van der Waals surface area contributed by atoms with Gasteiger partial charge in [-0.05, 0) is 38.7 Å². The molecule has 0 heterocycles. The summed E-state index contributed by atoms with van der Waals surface area (Å²) in [6.07, 6.45) is 3.77. The standard InChI is InChI=1S/C15H22O3/c1-11-3-8-15(17-2)12(9-11)10-18-14-6-4-13(16)5-7-14/h3,8-9,13-14,16H,4-7,10H2,1-2H3. The molecule has 3 nitrogen and oxygen atoms in total. The van der Waals surface area contributed by atoms with Crippen molar-refractivity contribution >= 4 is 0 Å². The lowest BCUT2D eigenvalue weighted by molar-refractivity contribution is -0.0124. The number of methoxy groups -OCH3 is 1. The zero-order valence-electron chi connectivity index (χ0n) is 11.2. The van der Waals surface area contributed by atoms with Crippen LogP contribution in [0.25, 0.3) is 0 Å². The summed E-state index contributed by atoms with van der Waals surface area (Å²) in [6.45, 7) is 2.66. The summed E-state index contributed by atoms with van der Waals surface area (Å²) in [5.74, 6) is 0.886. The first-order valence-corrected chi connectivity index (χ1v) is 6.62. The first kappa shape index (κ1) is 13.4. The number of aryl methyl sites for hydroxylation is 1. The molecule has 0 atom stereocenters. The molecule has 18 heavy (non-hydrogen) atoms. The minimum absolute atomic E-state index is 0.127. The van der Waals surface area contributed by atoms with Gasteiger partial charge in [0.25, 0.3) is 0 Å². The molecule has 0 spiro atoms. The second-order valence-corrected chi connectivity index (χ2v) is 5.06. The van der Waals surface area contributed by atoms with Crippen molar-refractivity contribution in [3.63, 3.8) is 0 Å². The van der Waals surface area contributed by atoms with Crippen LogP contribution in [0.1, 0.15) is 36.8 Å². The predicted molar refractivity (Wildman–Crippen MR) is 70.8 cm³/mol. The highest BCUT2D eigenvalue weighted by Gasteiger charge is 2.20. The lowest BCUT2D eigenvalue weighted by Gasteiger charge is -2.25. The molecule has 1 aliphatic rings. The maximum Gasteiger partial charge on any atom is 0.124 e. The highest BCUT2D eigenvalue weighted by molar-refractivity contribution is 5.36. The highest BCUT2D eigenvalue weighted by Crippen LogP contribution is 2.25. The summed E-state index contributed by atoms with van der Waals surface area (Å²) in [7, 11) is 1.69. The van der Waals surface area contributed by atoms with Crippen LogP contribution in [0, 0.1) is 6.92 Å². The number of rotatable bonds is 4. The van der Waals surface area contributed by atoms with Crippen LogP contribution in [-0.4, -0.2) is 24.4 Å². The van der Waals surface area contributed by atoms with Gasteiger partial charge in [-0.25, -0.2) is 0 Å². The number of ether oxygens (including phenoxy) is 2. The van der Waals surface area contributed by atoms with Gasteiger partial charge in [0.1, 0.15) is 5.75 Å². The van der Waals surface area contributed by atoms with Crippen LogP contribution in [0.15, 0.2) is 18.2 Å². The Bertz CT molecular complexity index is 381. The summed E-state index contributed by atoms with van der Waals surface area (Å²) in [6, 6.07) is 6.13. The molecule has 0 saturated heterocycles. The fourth-order valence-corrected chi connectivity index (χ4v) is 2.44. The van der Waals surface area contributed by atoms with Gasteiger partial charge >= 0.3 is 0 Å². The first-order valence-electron chi connectivity index (χ1n) is 6.62. The average Bonchev–Trinajstić information content (AvgIpc) is 2.38. The van der Waals surface area contributed by atoms with Gasteiger partial charge in [-0.2, -0.15) is 0 Å². The molecule has 1 saturated carbocycles. The molecule has 0 aromatic heterocycles. The second kappa shape index (κ2) is 6.21. The zero-order valence-corrected chi connectivity index (χ0v) is 11.2. The molecule has 1 fully saturated rings. The van der Waals surface area contributed by atoms with Crippen molar-refractivity contribution in [3.05, 3.63) is 29.3 Å². The Morgan fingerprint density at radius 1 is 1.22 bits per heavy atom. The van der Waals surface area contributed by atoms with E-state index >= 15 is 0 Å². The largest absolute Gasteiger partial charge is 0.496 e. The van der Waals surface area contributed by atoms with Gasteiger partial charge in [0.05, 0.1) is 25.9 Å². The molecule has 1 aliphatic carbocycles. The SMILES string of the molecule is COc1ccc(C)cc1COC1CCC(O)CC1.